The number of nitrogens with one attached hydrogen (secondary N) is 3. The molecule has 11 heteroatoms. The Hall–Kier alpha value is -4.61. The summed E-state index contributed by atoms with van der Waals surface area (Å²) in [6.45, 7) is 9.12. The minimum atomic E-state index is -0.629. The van der Waals surface area contributed by atoms with Crippen LogP contribution in [0.2, 0.25) is 0 Å². The Morgan fingerprint density at radius 2 is 1.62 bits per heavy atom. The quantitative estimate of drug-likeness (QED) is 0.215. The fourth-order valence-electron chi connectivity index (χ4n) is 6.53. The zero-order valence-corrected chi connectivity index (χ0v) is 27.0. The number of carbonyl (C=O) groups excluding carboxylic acids is 2. The van der Waals surface area contributed by atoms with Crippen molar-refractivity contribution in [3.05, 3.63) is 95.3 Å². The Labute approximate surface area is 274 Å². The summed E-state index contributed by atoms with van der Waals surface area (Å²) in [5, 5.41) is 13.3. The van der Waals surface area contributed by atoms with Crippen LogP contribution in [0.25, 0.3) is 11.1 Å². The molecule has 0 radical (unpaired) electrons. The zero-order chi connectivity index (χ0) is 32.9. The number of nitrogens with zero attached hydrogens (tertiary/aromatic N) is 3. The molecule has 0 spiro atoms. The van der Waals surface area contributed by atoms with E-state index in [1.807, 2.05) is 18.2 Å². The minimum absolute atomic E-state index is 0.0214. The van der Waals surface area contributed by atoms with Gasteiger partial charge < -0.3 is 25.2 Å². The topological polar surface area (TPSA) is 122 Å². The average Bonchev–Trinajstić information content (AvgIpc) is 3.49. The third-order valence-electron chi connectivity index (χ3n) is 8.70. The van der Waals surface area contributed by atoms with Crippen LogP contribution in [0.3, 0.4) is 0 Å². The molecule has 0 unspecified atom stereocenters. The molecule has 4 aromatic rings. The number of benzene rings is 2. The molecule has 2 aliphatic rings. The molecule has 3 heterocycles. The summed E-state index contributed by atoms with van der Waals surface area (Å²) in [6.07, 6.45) is 3.71. The highest BCUT2D eigenvalue weighted by molar-refractivity contribution is 5.96. The number of aryl methyl sites for hydroxylation is 1. The second-order valence-electron chi connectivity index (χ2n) is 12.8. The lowest BCUT2D eigenvalue weighted by molar-refractivity contribution is 0.0885. The first kappa shape index (κ1) is 32.3. The lowest BCUT2D eigenvalue weighted by atomic mass is 9.91. The first-order valence-corrected chi connectivity index (χ1v) is 16.2. The normalized spacial score (nSPS) is 21.6. The largest absolute Gasteiger partial charge is 0.438 e. The lowest BCUT2D eigenvalue weighted by Crippen LogP contribution is -2.53. The van der Waals surface area contributed by atoms with Crippen molar-refractivity contribution in [1.82, 2.24) is 31.0 Å². The number of ether oxygens (including phenoxy) is 1. The molecular weight excluding hydrogens is 599 g/mol. The van der Waals surface area contributed by atoms with Gasteiger partial charge in [0.2, 0.25) is 5.88 Å². The SMILES string of the molecule is Cc1cc(C(=O)NC2CCC(NC(=O)c3cc(F)cnc3Oc3cccc(-c4ccc(CN5C[C@@H](C)N[C@@H](C)C5)cc4)c3)CC2)no1. The first-order valence-electron chi connectivity index (χ1n) is 16.2. The molecule has 1 aliphatic heterocycles. The van der Waals surface area contributed by atoms with Gasteiger partial charge in [0.1, 0.15) is 22.9 Å². The van der Waals surface area contributed by atoms with E-state index in [2.05, 4.69) is 69.1 Å². The fourth-order valence-corrected chi connectivity index (χ4v) is 6.53. The molecule has 2 aromatic heterocycles. The van der Waals surface area contributed by atoms with Gasteiger partial charge in [-0.05, 0) is 81.3 Å². The van der Waals surface area contributed by atoms with Gasteiger partial charge in [-0.2, -0.15) is 0 Å². The van der Waals surface area contributed by atoms with E-state index in [1.54, 1.807) is 19.1 Å². The van der Waals surface area contributed by atoms with E-state index in [9.17, 15) is 14.0 Å². The Morgan fingerprint density at radius 1 is 0.936 bits per heavy atom. The van der Waals surface area contributed by atoms with Gasteiger partial charge in [0.05, 0.1) is 6.20 Å². The lowest BCUT2D eigenvalue weighted by Gasteiger charge is -2.36. The van der Waals surface area contributed by atoms with Crippen molar-refractivity contribution in [2.45, 2.75) is 77.2 Å². The Kier molecular flexibility index (Phi) is 9.93. The molecule has 2 aromatic carbocycles. The molecule has 1 saturated heterocycles. The number of aromatic nitrogens is 2. The molecular formula is C36H41FN6O4. The summed E-state index contributed by atoms with van der Waals surface area (Å²) >= 11 is 0. The standard InChI is InChI=1S/C36H41FN6O4/c1-22-19-43(20-23(2)39-22)21-25-7-9-26(10-8-25)27-5-4-6-31(16-27)46-36-32(17-28(37)18-38-36)34(44)40-29-11-13-30(14-12-29)41-35(45)33-15-24(3)47-42-33/h4-10,15-18,22-23,29-30,39H,11-14,19-21H2,1-3H3,(H,40,44)(H,41,45)/t22-,23+,29?,30?. The monoisotopic (exact) mass is 640 g/mol. The van der Waals surface area contributed by atoms with Crippen LogP contribution in [-0.2, 0) is 6.54 Å². The third kappa shape index (κ3) is 8.41. The van der Waals surface area contributed by atoms with Crippen molar-refractivity contribution in [2.75, 3.05) is 13.1 Å². The summed E-state index contributed by atoms with van der Waals surface area (Å²) in [7, 11) is 0. The minimum Gasteiger partial charge on any atom is -0.438 e. The van der Waals surface area contributed by atoms with E-state index in [0.29, 0.717) is 49.3 Å². The van der Waals surface area contributed by atoms with E-state index in [4.69, 9.17) is 9.26 Å². The van der Waals surface area contributed by atoms with E-state index in [-0.39, 0.29) is 35.1 Å². The number of amides is 2. The highest BCUT2D eigenvalue weighted by Crippen LogP contribution is 2.29. The Balaban J connectivity index is 1.06. The van der Waals surface area contributed by atoms with E-state index >= 15 is 0 Å². The highest BCUT2D eigenvalue weighted by atomic mass is 19.1. The van der Waals surface area contributed by atoms with E-state index in [0.717, 1.165) is 43.0 Å². The molecule has 6 rings (SSSR count). The first-order chi connectivity index (χ1) is 22.7. The van der Waals surface area contributed by atoms with Gasteiger partial charge in [-0.25, -0.2) is 9.37 Å². The van der Waals surface area contributed by atoms with Crippen LogP contribution in [0.4, 0.5) is 4.39 Å². The molecule has 246 valence electrons. The number of halogens is 1. The van der Waals surface area contributed by atoms with Gasteiger partial charge in [0.25, 0.3) is 11.8 Å². The third-order valence-corrected chi connectivity index (χ3v) is 8.70. The number of hydrogen-bond acceptors (Lipinski definition) is 8. The number of pyridine rings is 1. The molecule has 1 saturated carbocycles. The van der Waals surface area contributed by atoms with E-state index in [1.165, 1.54) is 5.56 Å². The molecule has 2 amide bonds. The van der Waals surface area contributed by atoms with Crippen molar-refractivity contribution in [3.63, 3.8) is 0 Å². The van der Waals surface area contributed by atoms with Crippen molar-refractivity contribution >= 4 is 11.8 Å². The van der Waals surface area contributed by atoms with Crippen molar-refractivity contribution < 1.29 is 23.2 Å². The Morgan fingerprint density at radius 3 is 2.28 bits per heavy atom. The number of carbonyl (C=O) groups is 2. The number of rotatable bonds is 9. The van der Waals surface area contributed by atoms with Gasteiger partial charge in [0.15, 0.2) is 5.69 Å². The van der Waals surface area contributed by atoms with Gasteiger partial charge in [-0.3, -0.25) is 14.5 Å². The molecule has 0 bridgehead atoms. The summed E-state index contributed by atoms with van der Waals surface area (Å²) < 4.78 is 25.3. The summed E-state index contributed by atoms with van der Waals surface area (Å²) in [6, 6.07) is 19.6. The summed E-state index contributed by atoms with van der Waals surface area (Å²) in [5.74, 6) is -0.284. The Bertz CT molecular complexity index is 1690. The molecule has 2 fully saturated rings. The second kappa shape index (κ2) is 14.4. The van der Waals surface area contributed by atoms with Gasteiger partial charge >= 0.3 is 0 Å². The van der Waals surface area contributed by atoms with Gasteiger partial charge in [0, 0.05) is 49.9 Å². The van der Waals surface area contributed by atoms with Crippen LogP contribution in [0.1, 0.15) is 71.7 Å². The van der Waals surface area contributed by atoms with E-state index < -0.39 is 11.7 Å². The zero-order valence-electron chi connectivity index (χ0n) is 27.0. The van der Waals surface area contributed by atoms with Crippen LogP contribution in [-0.4, -0.2) is 64.1 Å². The smallest absolute Gasteiger partial charge is 0.273 e. The van der Waals surface area contributed by atoms with Crippen molar-refractivity contribution in [1.29, 1.82) is 0 Å². The van der Waals surface area contributed by atoms with Crippen molar-refractivity contribution in [3.8, 4) is 22.8 Å². The number of hydrogen-bond donors (Lipinski definition) is 3. The van der Waals surface area contributed by atoms with Crippen LogP contribution in [0, 0.1) is 12.7 Å². The summed E-state index contributed by atoms with van der Waals surface area (Å²) in [5.41, 5.74) is 3.52. The van der Waals surface area contributed by atoms with Crippen LogP contribution in [0.15, 0.2) is 71.4 Å². The molecule has 10 nitrogen and oxygen atoms in total. The van der Waals surface area contributed by atoms with Gasteiger partial charge in [-0.1, -0.05) is 41.6 Å². The molecule has 3 N–H and O–H groups in total. The fraction of sp³-hybridized carbons (Fsp3) is 0.389. The van der Waals surface area contributed by atoms with Crippen LogP contribution < -0.4 is 20.7 Å². The molecule has 1 aliphatic carbocycles. The maximum absolute atomic E-state index is 14.3. The predicted octanol–water partition coefficient (Wildman–Crippen LogP) is 5.63. The molecule has 47 heavy (non-hydrogen) atoms. The van der Waals surface area contributed by atoms with Gasteiger partial charge in [-0.15, -0.1) is 0 Å². The van der Waals surface area contributed by atoms with Crippen molar-refractivity contribution in [2.24, 2.45) is 0 Å². The second-order valence-corrected chi connectivity index (χ2v) is 12.8. The maximum atomic E-state index is 14.3. The molecule has 2 atom stereocenters. The predicted molar refractivity (Wildman–Crippen MR) is 176 cm³/mol. The average molecular weight is 641 g/mol. The number of piperazine rings is 1. The maximum Gasteiger partial charge on any atom is 0.273 e. The van der Waals surface area contributed by atoms with Crippen LogP contribution >= 0.6 is 0 Å². The summed E-state index contributed by atoms with van der Waals surface area (Å²) in [4.78, 5) is 32.3. The van der Waals surface area contributed by atoms with Crippen LogP contribution in [0.5, 0.6) is 11.6 Å². The highest BCUT2D eigenvalue weighted by Gasteiger charge is 2.27.